The first-order valence-electron chi connectivity index (χ1n) is 10.2. The maximum absolute atomic E-state index is 12.4. The molecule has 9 heteroatoms. The SMILES string of the molecule is CC(=O)N(c1nn(CN2CCC(C(=O)NC(C)C(C)C)CC2)c(=S)s1)C1CC1. The lowest BCUT2D eigenvalue weighted by molar-refractivity contribution is -0.127. The van der Waals surface area contributed by atoms with Crippen LogP contribution in [0.3, 0.4) is 0 Å². The van der Waals surface area contributed by atoms with Gasteiger partial charge in [-0.1, -0.05) is 25.2 Å². The summed E-state index contributed by atoms with van der Waals surface area (Å²) in [6.07, 6.45) is 3.78. The Bertz CT molecular complexity index is 763. The number of carbonyl (C=O) groups excluding carboxylic acids is 2. The van der Waals surface area contributed by atoms with Crippen molar-refractivity contribution in [3.05, 3.63) is 3.95 Å². The van der Waals surface area contributed by atoms with Gasteiger partial charge in [-0.2, -0.15) is 0 Å². The fourth-order valence-corrected chi connectivity index (χ4v) is 4.60. The smallest absolute Gasteiger partial charge is 0.225 e. The number of anilines is 1. The average Bonchev–Trinajstić information content (AvgIpc) is 3.39. The van der Waals surface area contributed by atoms with Gasteiger partial charge in [-0.25, -0.2) is 4.68 Å². The molecule has 1 saturated carbocycles. The van der Waals surface area contributed by atoms with Gasteiger partial charge >= 0.3 is 0 Å². The number of aromatic nitrogens is 2. The van der Waals surface area contributed by atoms with Crippen molar-refractivity contribution in [2.75, 3.05) is 18.0 Å². The van der Waals surface area contributed by atoms with Crippen LogP contribution < -0.4 is 10.2 Å². The molecule has 28 heavy (non-hydrogen) atoms. The zero-order valence-corrected chi connectivity index (χ0v) is 18.8. The van der Waals surface area contributed by atoms with Crippen molar-refractivity contribution in [3.8, 4) is 0 Å². The number of nitrogens with zero attached hydrogens (tertiary/aromatic N) is 4. The lowest BCUT2D eigenvalue weighted by Crippen LogP contribution is -2.44. The van der Waals surface area contributed by atoms with Crippen LogP contribution in [0.2, 0.25) is 0 Å². The molecule has 1 saturated heterocycles. The summed E-state index contributed by atoms with van der Waals surface area (Å²) in [4.78, 5) is 28.5. The van der Waals surface area contributed by atoms with Crippen LogP contribution >= 0.6 is 23.6 Å². The minimum Gasteiger partial charge on any atom is -0.353 e. The van der Waals surface area contributed by atoms with Crippen LogP contribution in [0.4, 0.5) is 5.13 Å². The van der Waals surface area contributed by atoms with E-state index in [9.17, 15) is 9.59 Å². The van der Waals surface area contributed by atoms with Gasteiger partial charge in [0.25, 0.3) is 0 Å². The molecule has 1 atom stereocenters. The highest BCUT2D eigenvalue weighted by Gasteiger charge is 2.34. The first kappa shape index (κ1) is 21.4. The van der Waals surface area contributed by atoms with E-state index < -0.39 is 0 Å². The van der Waals surface area contributed by atoms with Crippen LogP contribution in [0, 0.1) is 15.8 Å². The Morgan fingerprint density at radius 1 is 1.25 bits per heavy atom. The fourth-order valence-electron chi connectivity index (χ4n) is 3.40. The molecule has 2 heterocycles. The Morgan fingerprint density at radius 3 is 2.43 bits per heavy atom. The monoisotopic (exact) mass is 425 g/mol. The van der Waals surface area contributed by atoms with Crippen molar-refractivity contribution >= 4 is 40.5 Å². The predicted molar refractivity (Wildman–Crippen MR) is 114 cm³/mol. The van der Waals surface area contributed by atoms with Gasteiger partial charge in [0.1, 0.15) is 0 Å². The summed E-state index contributed by atoms with van der Waals surface area (Å²) in [7, 11) is 0. The summed E-state index contributed by atoms with van der Waals surface area (Å²) in [5, 5.41) is 8.46. The molecule has 1 aliphatic carbocycles. The van der Waals surface area contributed by atoms with Crippen molar-refractivity contribution < 1.29 is 9.59 Å². The van der Waals surface area contributed by atoms with Crippen LogP contribution in [0.5, 0.6) is 0 Å². The second-order valence-electron chi connectivity index (χ2n) is 8.35. The molecule has 1 aliphatic heterocycles. The summed E-state index contributed by atoms with van der Waals surface area (Å²) in [5.74, 6) is 0.727. The topological polar surface area (TPSA) is 70.5 Å². The van der Waals surface area contributed by atoms with Crippen LogP contribution in [0.25, 0.3) is 0 Å². The molecule has 7 nitrogen and oxygen atoms in total. The number of rotatable bonds is 7. The van der Waals surface area contributed by atoms with Crippen molar-refractivity contribution in [1.29, 1.82) is 0 Å². The molecule has 0 bridgehead atoms. The molecule has 2 fully saturated rings. The summed E-state index contributed by atoms with van der Waals surface area (Å²) < 4.78 is 2.50. The molecule has 1 aromatic rings. The third kappa shape index (κ3) is 5.18. The lowest BCUT2D eigenvalue weighted by atomic mass is 9.95. The van der Waals surface area contributed by atoms with E-state index in [4.69, 9.17) is 12.2 Å². The number of hydrogen-bond donors (Lipinski definition) is 1. The largest absolute Gasteiger partial charge is 0.353 e. The third-order valence-electron chi connectivity index (χ3n) is 5.72. The summed E-state index contributed by atoms with van der Waals surface area (Å²) in [5.41, 5.74) is 0. The average molecular weight is 426 g/mol. The Morgan fingerprint density at radius 2 is 1.89 bits per heavy atom. The van der Waals surface area contributed by atoms with Gasteiger partial charge in [0.15, 0.2) is 3.95 Å². The van der Waals surface area contributed by atoms with E-state index in [1.165, 1.54) is 11.3 Å². The normalized spacial score (nSPS) is 19.6. The molecule has 0 radical (unpaired) electrons. The molecule has 1 N–H and O–H groups in total. The van der Waals surface area contributed by atoms with Crippen LogP contribution in [-0.2, 0) is 16.3 Å². The molecule has 2 aliphatic rings. The highest BCUT2D eigenvalue weighted by Crippen LogP contribution is 2.33. The van der Waals surface area contributed by atoms with Crippen molar-refractivity contribution in [2.24, 2.45) is 11.8 Å². The van der Waals surface area contributed by atoms with Crippen LogP contribution in [-0.4, -0.2) is 51.7 Å². The third-order valence-corrected chi connectivity index (χ3v) is 7.02. The van der Waals surface area contributed by atoms with E-state index in [1.807, 2.05) is 4.68 Å². The molecule has 156 valence electrons. The van der Waals surface area contributed by atoms with E-state index >= 15 is 0 Å². The fraction of sp³-hybridized carbons (Fsp3) is 0.789. The Labute approximate surface area is 176 Å². The Hall–Kier alpha value is -1.32. The van der Waals surface area contributed by atoms with E-state index in [0.29, 0.717) is 21.7 Å². The minimum atomic E-state index is 0.0286. The highest BCUT2D eigenvalue weighted by atomic mass is 32.1. The zero-order chi connectivity index (χ0) is 20.4. The van der Waals surface area contributed by atoms with Crippen LogP contribution in [0.15, 0.2) is 0 Å². The maximum atomic E-state index is 12.4. The van der Waals surface area contributed by atoms with Gasteiger partial charge in [-0.3, -0.25) is 19.4 Å². The first-order chi connectivity index (χ1) is 13.3. The van der Waals surface area contributed by atoms with Gasteiger partial charge in [0.05, 0.1) is 6.67 Å². The number of carbonyl (C=O) groups is 2. The molecule has 0 spiro atoms. The van der Waals surface area contributed by atoms with Crippen molar-refractivity contribution in [2.45, 2.75) is 72.1 Å². The van der Waals surface area contributed by atoms with Crippen molar-refractivity contribution in [1.82, 2.24) is 20.0 Å². The van der Waals surface area contributed by atoms with E-state index in [-0.39, 0.29) is 29.8 Å². The number of nitrogens with one attached hydrogen (secondary N) is 1. The maximum Gasteiger partial charge on any atom is 0.225 e. The molecular weight excluding hydrogens is 394 g/mol. The predicted octanol–water partition coefficient (Wildman–Crippen LogP) is 3.02. The second-order valence-corrected chi connectivity index (χ2v) is 9.95. The Kier molecular flexibility index (Phi) is 6.88. The molecule has 1 aromatic heterocycles. The summed E-state index contributed by atoms with van der Waals surface area (Å²) in [6, 6.07) is 0.488. The highest BCUT2D eigenvalue weighted by molar-refractivity contribution is 7.73. The number of likely N-dealkylation sites (tertiary alicyclic amines) is 1. The van der Waals surface area contributed by atoms with Gasteiger partial charge in [-0.05, 0) is 50.7 Å². The standard InChI is InChI=1S/C19H31N5O2S2/c1-12(2)13(3)20-17(26)15-7-9-22(10-8-15)11-23-19(27)28-18(21-23)24(14(4)25)16-5-6-16/h12-13,15-16H,5-11H2,1-4H3,(H,20,26). The molecule has 3 rings (SSSR count). The molecule has 1 unspecified atom stereocenters. The summed E-state index contributed by atoms with van der Waals surface area (Å²) in [6.45, 7) is 10.2. The van der Waals surface area contributed by atoms with Gasteiger partial charge < -0.3 is 5.32 Å². The lowest BCUT2D eigenvalue weighted by Gasteiger charge is -2.32. The molecular formula is C19H31N5O2S2. The van der Waals surface area contributed by atoms with E-state index in [0.717, 1.165) is 38.8 Å². The zero-order valence-electron chi connectivity index (χ0n) is 17.2. The first-order valence-corrected chi connectivity index (χ1v) is 11.4. The van der Waals surface area contributed by atoms with E-state index in [2.05, 4.69) is 36.1 Å². The Balaban J connectivity index is 1.54. The van der Waals surface area contributed by atoms with Crippen molar-refractivity contribution in [3.63, 3.8) is 0 Å². The minimum absolute atomic E-state index is 0.0286. The number of amides is 2. The van der Waals surface area contributed by atoms with Gasteiger partial charge in [0.2, 0.25) is 16.9 Å². The number of piperidine rings is 1. The van der Waals surface area contributed by atoms with Gasteiger partial charge in [-0.15, -0.1) is 5.10 Å². The summed E-state index contributed by atoms with van der Waals surface area (Å²) >= 11 is 6.88. The molecule has 0 aromatic carbocycles. The van der Waals surface area contributed by atoms with Gasteiger partial charge in [0, 0.05) is 38.0 Å². The van der Waals surface area contributed by atoms with Crippen LogP contribution in [0.1, 0.15) is 53.4 Å². The quantitative estimate of drug-likeness (QED) is 0.680. The number of hydrogen-bond acceptors (Lipinski definition) is 6. The second kappa shape index (κ2) is 9.00. The molecule has 2 amide bonds. The van der Waals surface area contributed by atoms with E-state index in [1.54, 1.807) is 11.8 Å².